The molecule has 0 saturated heterocycles. The van der Waals surface area contributed by atoms with Gasteiger partial charge in [-0.2, -0.15) is 0 Å². The number of methoxy groups -OCH3 is 1. The van der Waals surface area contributed by atoms with E-state index in [2.05, 4.69) is 5.32 Å². The van der Waals surface area contributed by atoms with Crippen molar-refractivity contribution in [2.24, 2.45) is 5.73 Å². The Morgan fingerprint density at radius 2 is 2.24 bits per heavy atom. The largest absolute Gasteiger partial charge is 0.486 e. The summed E-state index contributed by atoms with van der Waals surface area (Å²) in [6, 6.07) is 6.96. The highest BCUT2D eigenvalue weighted by atomic mass is 16.6. The Kier molecular flexibility index (Phi) is 5.83. The van der Waals surface area contributed by atoms with Gasteiger partial charge in [0.2, 0.25) is 5.91 Å². The van der Waals surface area contributed by atoms with Gasteiger partial charge in [-0.25, -0.2) is 0 Å². The minimum Gasteiger partial charge on any atom is -0.486 e. The molecule has 0 saturated carbocycles. The van der Waals surface area contributed by atoms with Crippen molar-refractivity contribution in [1.82, 2.24) is 5.32 Å². The summed E-state index contributed by atoms with van der Waals surface area (Å²) in [4.78, 5) is 11.9. The summed E-state index contributed by atoms with van der Waals surface area (Å²) in [5, 5.41) is 2.80. The molecule has 2 atom stereocenters. The van der Waals surface area contributed by atoms with Gasteiger partial charge in [0.1, 0.15) is 12.7 Å². The number of nitrogens with two attached hydrogens (primary N) is 1. The van der Waals surface area contributed by atoms with Crippen LogP contribution < -0.4 is 20.5 Å². The Balaban J connectivity index is 1.73. The van der Waals surface area contributed by atoms with E-state index in [0.717, 1.165) is 12.2 Å². The predicted molar refractivity (Wildman–Crippen MR) is 78.4 cm³/mol. The van der Waals surface area contributed by atoms with E-state index < -0.39 is 6.04 Å². The number of rotatable bonds is 7. The van der Waals surface area contributed by atoms with E-state index in [4.69, 9.17) is 19.9 Å². The number of nitrogens with one attached hydrogen (secondary N) is 1. The topological polar surface area (TPSA) is 82.8 Å². The third-order valence-corrected chi connectivity index (χ3v) is 3.27. The van der Waals surface area contributed by atoms with Crippen molar-refractivity contribution in [3.05, 3.63) is 24.3 Å². The molecule has 2 unspecified atom stereocenters. The van der Waals surface area contributed by atoms with Crippen molar-refractivity contribution in [3.8, 4) is 11.5 Å². The summed E-state index contributed by atoms with van der Waals surface area (Å²) in [5.41, 5.74) is 5.81. The molecule has 0 spiro atoms. The average Bonchev–Trinajstić information content (AvgIpc) is 2.52. The summed E-state index contributed by atoms with van der Waals surface area (Å²) in [6.07, 6.45) is 1.17. The molecule has 1 amide bonds. The van der Waals surface area contributed by atoms with Crippen molar-refractivity contribution in [2.75, 3.05) is 26.9 Å². The lowest BCUT2D eigenvalue weighted by Crippen LogP contribution is -2.46. The molecule has 1 aliphatic rings. The Labute approximate surface area is 124 Å². The lowest BCUT2D eigenvalue weighted by atomic mass is 10.1. The fourth-order valence-electron chi connectivity index (χ4n) is 2.09. The Bertz CT molecular complexity index is 467. The number of fused-ring (bicyclic) bond motifs is 1. The molecule has 0 radical (unpaired) electrons. The molecule has 1 aromatic rings. The van der Waals surface area contributed by atoms with Crippen LogP contribution in [0.3, 0.4) is 0 Å². The van der Waals surface area contributed by atoms with E-state index in [-0.39, 0.29) is 12.0 Å². The summed E-state index contributed by atoms with van der Waals surface area (Å²) >= 11 is 0. The predicted octanol–water partition coefficient (Wildman–Crippen LogP) is 0.697. The van der Waals surface area contributed by atoms with Crippen molar-refractivity contribution >= 4 is 5.91 Å². The van der Waals surface area contributed by atoms with Crippen LogP contribution in [0.5, 0.6) is 11.5 Å². The van der Waals surface area contributed by atoms with Crippen LogP contribution in [0.2, 0.25) is 0 Å². The number of hydrogen-bond acceptors (Lipinski definition) is 5. The second kappa shape index (κ2) is 7.85. The first kappa shape index (κ1) is 15.6. The van der Waals surface area contributed by atoms with Crippen molar-refractivity contribution in [1.29, 1.82) is 0 Å². The van der Waals surface area contributed by atoms with Gasteiger partial charge in [-0.05, 0) is 25.0 Å². The molecule has 1 heterocycles. The molecule has 116 valence electrons. The molecular weight excluding hydrogens is 272 g/mol. The third kappa shape index (κ3) is 4.61. The molecule has 6 nitrogen and oxygen atoms in total. The molecule has 0 fully saturated rings. The Hall–Kier alpha value is -1.79. The van der Waals surface area contributed by atoms with E-state index >= 15 is 0 Å². The number of amides is 1. The van der Waals surface area contributed by atoms with Gasteiger partial charge < -0.3 is 25.3 Å². The molecule has 1 aromatic carbocycles. The summed E-state index contributed by atoms with van der Waals surface area (Å²) in [5.74, 6) is 1.26. The SMILES string of the molecule is COCCCC(N)C(=O)NCC1COc2ccccc2O1. The molecule has 6 heteroatoms. The van der Waals surface area contributed by atoms with Gasteiger partial charge in [-0.3, -0.25) is 4.79 Å². The average molecular weight is 294 g/mol. The number of ether oxygens (including phenoxy) is 3. The summed E-state index contributed by atoms with van der Waals surface area (Å²) < 4.78 is 16.3. The first-order chi connectivity index (χ1) is 10.2. The van der Waals surface area contributed by atoms with Gasteiger partial charge >= 0.3 is 0 Å². The standard InChI is InChI=1S/C15H22N2O4/c1-19-8-4-5-12(16)15(18)17-9-11-10-20-13-6-2-3-7-14(13)21-11/h2-3,6-7,11-12H,4-5,8-10,16H2,1H3,(H,17,18). The van der Waals surface area contributed by atoms with Crippen LogP contribution in [0.15, 0.2) is 24.3 Å². The number of para-hydroxylation sites is 2. The van der Waals surface area contributed by atoms with Crippen LogP contribution in [0.1, 0.15) is 12.8 Å². The maximum atomic E-state index is 11.9. The van der Waals surface area contributed by atoms with Crippen LogP contribution in [-0.2, 0) is 9.53 Å². The minimum absolute atomic E-state index is 0.173. The molecule has 0 aromatic heterocycles. The highest BCUT2D eigenvalue weighted by Gasteiger charge is 2.22. The first-order valence-electron chi connectivity index (χ1n) is 7.11. The van der Waals surface area contributed by atoms with Crippen LogP contribution >= 0.6 is 0 Å². The zero-order valence-electron chi connectivity index (χ0n) is 12.2. The zero-order valence-corrected chi connectivity index (χ0v) is 12.2. The smallest absolute Gasteiger partial charge is 0.237 e. The van der Waals surface area contributed by atoms with Crippen LogP contribution in [0.25, 0.3) is 0 Å². The van der Waals surface area contributed by atoms with Crippen molar-refractivity contribution < 1.29 is 19.0 Å². The fraction of sp³-hybridized carbons (Fsp3) is 0.533. The molecule has 0 bridgehead atoms. The van der Waals surface area contributed by atoms with E-state index in [1.165, 1.54) is 0 Å². The van der Waals surface area contributed by atoms with E-state index in [9.17, 15) is 4.79 Å². The number of hydrogen-bond donors (Lipinski definition) is 2. The van der Waals surface area contributed by atoms with Gasteiger partial charge in [0.15, 0.2) is 11.5 Å². The fourth-order valence-corrected chi connectivity index (χ4v) is 2.09. The van der Waals surface area contributed by atoms with Crippen molar-refractivity contribution in [2.45, 2.75) is 25.0 Å². The second-order valence-corrected chi connectivity index (χ2v) is 4.98. The number of carbonyl (C=O) groups is 1. The van der Waals surface area contributed by atoms with Crippen molar-refractivity contribution in [3.63, 3.8) is 0 Å². The maximum absolute atomic E-state index is 11.9. The molecule has 0 aliphatic carbocycles. The van der Waals surface area contributed by atoms with E-state index in [1.54, 1.807) is 7.11 Å². The Morgan fingerprint density at radius 3 is 3.00 bits per heavy atom. The van der Waals surface area contributed by atoms with Gasteiger partial charge in [-0.15, -0.1) is 0 Å². The van der Waals surface area contributed by atoms with Crippen LogP contribution in [-0.4, -0.2) is 44.9 Å². The van der Waals surface area contributed by atoms with Crippen LogP contribution in [0.4, 0.5) is 0 Å². The van der Waals surface area contributed by atoms with E-state index in [1.807, 2.05) is 24.3 Å². The molecule has 1 aliphatic heterocycles. The van der Waals surface area contributed by atoms with E-state index in [0.29, 0.717) is 31.9 Å². The first-order valence-corrected chi connectivity index (χ1v) is 7.11. The quantitative estimate of drug-likeness (QED) is 0.723. The van der Waals surface area contributed by atoms with Gasteiger partial charge in [0.05, 0.1) is 12.6 Å². The number of carbonyl (C=O) groups excluding carboxylic acids is 1. The molecule has 21 heavy (non-hydrogen) atoms. The highest BCUT2D eigenvalue weighted by Crippen LogP contribution is 2.30. The lowest BCUT2D eigenvalue weighted by molar-refractivity contribution is -0.123. The highest BCUT2D eigenvalue weighted by molar-refractivity contribution is 5.81. The second-order valence-electron chi connectivity index (χ2n) is 4.98. The third-order valence-electron chi connectivity index (χ3n) is 3.27. The van der Waals surface area contributed by atoms with Gasteiger partial charge in [0, 0.05) is 13.7 Å². The maximum Gasteiger partial charge on any atom is 0.237 e. The van der Waals surface area contributed by atoms with Gasteiger partial charge in [-0.1, -0.05) is 12.1 Å². The lowest BCUT2D eigenvalue weighted by Gasteiger charge is -2.26. The monoisotopic (exact) mass is 294 g/mol. The van der Waals surface area contributed by atoms with Crippen LogP contribution in [0, 0.1) is 0 Å². The van der Waals surface area contributed by atoms with Gasteiger partial charge in [0.25, 0.3) is 0 Å². The minimum atomic E-state index is -0.517. The zero-order chi connectivity index (χ0) is 15.1. The summed E-state index contributed by atoms with van der Waals surface area (Å²) in [6.45, 7) is 1.40. The number of benzene rings is 1. The molecular formula is C15H22N2O4. The Morgan fingerprint density at radius 1 is 1.48 bits per heavy atom. The summed E-state index contributed by atoms with van der Waals surface area (Å²) in [7, 11) is 1.63. The molecule has 2 rings (SSSR count). The molecule has 3 N–H and O–H groups in total. The normalized spacial score (nSPS) is 18.1.